The summed E-state index contributed by atoms with van der Waals surface area (Å²) in [6.07, 6.45) is 3.76. The monoisotopic (exact) mass is 344 g/mol. The maximum atomic E-state index is 12.1. The number of anilines is 1. The minimum absolute atomic E-state index is 0.173. The Morgan fingerprint density at radius 1 is 1.42 bits per heavy atom. The van der Waals surface area contributed by atoms with Gasteiger partial charge in [0.25, 0.3) is 0 Å². The van der Waals surface area contributed by atoms with Gasteiger partial charge in [-0.25, -0.2) is 18.1 Å². The van der Waals surface area contributed by atoms with Gasteiger partial charge in [-0.15, -0.1) is 0 Å². The molecule has 0 saturated heterocycles. The fourth-order valence-corrected chi connectivity index (χ4v) is 3.68. The third kappa shape index (κ3) is 3.55. The van der Waals surface area contributed by atoms with Crippen molar-refractivity contribution >= 4 is 31.6 Å². The number of hydrogen-bond acceptors (Lipinski definition) is 4. The van der Waals surface area contributed by atoms with Gasteiger partial charge in [0.05, 0.1) is 11.2 Å². The molecular weight excluding hydrogens is 332 g/mol. The number of imidazole rings is 1. The van der Waals surface area contributed by atoms with Crippen LogP contribution in [-0.2, 0) is 16.4 Å². The van der Waals surface area contributed by atoms with E-state index in [4.69, 9.17) is 5.73 Å². The van der Waals surface area contributed by atoms with E-state index in [1.54, 1.807) is 24.7 Å². The molecular formula is C11H13BrN4O2S. The van der Waals surface area contributed by atoms with Crippen LogP contribution in [-0.4, -0.2) is 24.9 Å². The van der Waals surface area contributed by atoms with E-state index in [9.17, 15) is 8.42 Å². The molecule has 0 amide bonds. The van der Waals surface area contributed by atoms with Crippen molar-refractivity contribution in [1.82, 2.24) is 14.7 Å². The highest BCUT2D eigenvalue weighted by molar-refractivity contribution is 9.10. The molecule has 1 heterocycles. The van der Waals surface area contributed by atoms with Gasteiger partial charge in [-0.05, 0) is 34.1 Å². The van der Waals surface area contributed by atoms with Crippen LogP contribution in [0.1, 0.15) is 5.69 Å². The maximum Gasteiger partial charge on any atom is 0.241 e. The molecule has 1 aromatic heterocycles. The highest BCUT2D eigenvalue weighted by Gasteiger charge is 2.17. The summed E-state index contributed by atoms with van der Waals surface area (Å²) in [7, 11) is -3.55. The molecule has 0 spiro atoms. The van der Waals surface area contributed by atoms with Gasteiger partial charge in [0.2, 0.25) is 10.0 Å². The number of hydrogen-bond donors (Lipinski definition) is 3. The molecule has 102 valence electrons. The average Bonchev–Trinajstić information content (AvgIpc) is 2.81. The van der Waals surface area contributed by atoms with Gasteiger partial charge >= 0.3 is 0 Å². The lowest BCUT2D eigenvalue weighted by Crippen LogP contribution is -2.26. The first-order valence-electron chi connectivity index (χ1n) is 5.51. The lowest BCUT2D eigenvalue weighted by Gasteiger charge is -2.08. The average molecular weight is 345 g/mol. The van der Waals surface area contributed by atoms with Crippen molar-refractivity contribution in [2.24, 2.45) is 0 Å². The van der Waals surface area contributed by atoms with E-state index in [1.165, 1.54) is 6.07 Å². The second kappa shape index (κ2) is 5.72. The Balaban J connectivity index is 2.05. The second-order valence-corrected chi connectivity index (χ2v) is 6.50. The molecule has 0 atom stereocenters. The van der Waals surface area contributed by atoms with Crippen molar-refractivity contribution in [1.29, 1.82) is 0 Å². The first kappa shape index (κ1) is 14.0. The van der Waals surface area contributed by atoms with Crippen LogP contribution in [0.2, 0.25) is 0 Å². The van der Waals surface area contributed by atoms with Gasteiger partial charge in [-0.2, -0.15) is 0 Å². The van der Waals surface area contributed by atoms with E-state index in [-0.39, 0.29) is 4.90 Å². The fourth-order valence-electron chi connectivity index (χ4n) is 1.55. The number of sulfonamides is 1. The Morgan fingerprint density at radius 2 is 2.21 bits per heavy atom. The smallest absolute Gasteiger partial charge is 0.241 e. The third-order valence-electron chi connectivity index (χ3n) is 2.49. The molecule has 4 N–H and O–H groups in total. The van der Waals surface area contributed by atoms with Gasteiger partial charge in [-0.3, -0.25) is 0 Å². The van der Waals surface area contributed by atoms with Crippen LogP contribution >= 0.6 is 15.9 Å². The number of nitrogens with one attached hydrogen (secondary N) is 2. The van der Waals surface area contributed by atoms with E-state index >= 15 is 0 Å². The summed E-state index contributed by atoms with van der Waals surface area (Å²) in [4.78, 5) is 6.95. The topological polar surface area (TPSA) is 101 Å². The summed E-state index contributed by atoms with van der Waals surface area (Å²) < 4.78 is 27.1. The molecule has 2 rings (SSSR count). The first-order valence-corrected chi connectivity index (χ1v) is 7.78. The molecule has 0 aliphatic rings. The van der Waals surface area contributed by atoms with Crippen LogP contribution in [0, 0.1) is 0 Å². The Morgan fingerprint density at radius 3 is 2.84 bits per heavy atom. The lowest BCUT2D eigenvalue weighted by atomic mass is 10.3. The van der Waals surface area contributed by atoms with E-state index in [1.807, 2.05) is 0 Å². The van der Waals surface area contributed by atoms with Crippen LogP contribution < -0.4 is 10.5 Å². The predicted octanol–water partition coefficient (Wildman–Crippen LogP) is 1.28. The van der Waals surface area contributed by atoms with Crippen LogP contribution in [0.15, 0.2) is 40.1 Å². The van der Waals surface area contributed by atoms with Crippen LogP contribution in [0.4, 0.5) is 5.69 Å². The minimum atomic E-state index is -3.55. The number of nitrogens with zero attached hydrogens (tertiary/aromatic N) is 1. The number of rotatable bonds is 5. The number of aromatic nitrogens is 2. The van der Waals surface area contributed by atoms with E-state index in [2.05, 4.69) is 30.6 Å². The van der Waals surface area contributed by atoms with Crippen molar-refractivity contribution in [3.8, 4) is 0 Å². The number of nitrogens with two attached hydrogens (primary N) is 1. The zero-order valence-corrected chi connectivity index (χ0v) is 12.3. The molecule has 0 aliphatic heterocycles. The highest BCUT2D eigenvalue weighted by atomic mass is 79.9. The quantitative estimate of drug-likeness (QED) is 0.711. The zero-order valence-electron chi connectivity index (χ0n) is 9.93. The van der Waals surface area contributed by atoms with Gasteiger partial charge in [0.1, 0.15) is 0 Å². The summed E-state index contributed by atoms with van der Waals surface area (Å²) in [5, 5.41) is 0. The van der Waals surface area contributed by atoms with Crippen molar-refractivity contribution in [3.05, 3.63) is 40.9 Å². The molecule has 8 heteroatoms. The van der Waals surface area contributed by atoms with Crippen molar-refractivity contribution in [3.63, 3.8) is 0 Å². The molecule has 0 fully saturated rings. The van der Waals surface area contributed by atoms with Crippen LogP contribution in [0.5, 0.6) is 0 Å². The summed E-state index contributed by atoms with van der Waals surface area (Å²) in [5.41, 5.74) is 6.96. The van der Waals surface area contributed by atoms with Crippen molar-refractivity contribution in [2.75, 3.05) is 12.3 Å². The van der Waals surface area contributed by atoms with Gasteiger partial charge < -0.3 is 10.7 Å². The zero-order chi connectivity index (χ0) is 13.9. The van der Waals surface area contributed by atoms with Crippen molar-refractivity contribution < 1.29 is 8.42 Å². The van der Waals surface area contributed by atoms with E-state index in [0.29, 0.717) is 23.1 Å². The minimum Gasteiger partial charge on any atom is -0.399 e. The van der Waals surface area contributed by atoms with E-state index in [0.717, 1.165) is 5.69 Å². The molecule has 0 aliphatic carbocycles. The number of benzene rings is 1. The lowest BCUT2D eigenvalue weighted by molar-refractivity contribution is 0.581. The summed E-state index contributed by atoms with van der Waals surface area (Å²) in [6.45, 7) is 0.293. The van der Waals surface area contributed by atoms with E-state index < -0.39 is 10.0 Å². The number of nitrogen functional groups attached to an aromatic ring is 1. The van der Waals surface area contributed by atoms with Crippen molar-refractivity contribution in [2.45, 2.75) is 11.3 Å². The molecule has 6 nitrogen and oxygen atoms in total. The molecule has 0 saturated carbocycles. The Hall–Kier alpha value is -1.38. The summed E-state index contributed by atoms with van der Waals surface area (Å²) in [5.74, 6) is 0. The summed E-state index contributed by atoms with van der Waals surface area (Å²) in [6, 6.07) is 4.58. The number of aromatic amines is 1. The van der Waals surface area contributed by atoms with Crippen LogP contribution in [0.25, 0.3) is 0 Å². The standard InChI is InChI=1S/C11H13BrN4O2S/c12-10-5-8(13)1-2-11(10)19(17,18)16-4-3-9-6-14-7-15-9/h1-2,5-7,16H,3-4,13H2,(H,14,15). The third-order valence-corrected chi connectivity index (χ3v) is 4.92. The highest BCUT2D eigenvalue weighted by Crippen LogP contribution is 2.23. The molecule has 2 aromatic rings. The fraction of sp³-hybridized carbons (Fsp3) is 0.182. The Labute approximate surface area is 119 Å². The number of H-pyrrole nitrogens is 1. The molecule has 19 heavy (non-hydrogen) atoms. The van der Waals surface area contributed by atoms with Gasteiger partial charge in [-0.1, -0.05) is 0 Å². The second-order valence-electron chi connectivity index (χ2n) is 3.91. The van der Waals surface area contributed by atoms with Gasteiger partial charge in [0.15, 0.2) is 0 Å². The normalized spacial score (nSPS) is 11.6. The van der Waals surface area contributed by atoms with Gasteiger partial charge in [0, 0.05) is 35.0 Å². The Bertz CT molecular complexity index is 655. The number of halogens is 1. The predicted molar refractivity (Wildman–Crippen MR) is 76.0 cm³/mol. The maximum absolute atomic E-state index is 12.1. The van der Waals surface area contributed by atoms with Crippen LogP contribution in [0.3, 0.4) is 0 Å². The Kier molecular flexibility index (Phi) is 4.23. The SMILES string of the molecule is Nc1ccc(S(=O)(=O)NCCc2cnc[nH]2)c(Br)c1. The largest absolute Gasteiger partial charge is 0.399 e. The summed E-state index contributed by atoms with van der Waals surface area (Å²) >= 11 is 3.20. The first-order chi connectivity index (χ1) is 8.99. The molecule has 1 aromatic carbocycles. The molecule has 0 radical (unpaired) electrons. The molecule has 0 bridgehead atoms. The molecule has 0 unspecified atom stereocenters.